The molecule has 0 saturated carbocycles. The summed E-state index contributed by atoms with van der Waals surface area (Å²) in [4.78, 5) is 0. The van der Waals surface area contributed by atoms with E-state index in [0.29, 0.717) is 0 Å². The predicted molar refractivity (Wildman–Crippen MR) is 39.8 cm³/mol. The van der Waals surface area contributed by atoms with Gasteiger partial charge in [-0.2, -0.15) is 0 Å². The normalized spacial score (nSPS) is 9.88. The van der Waals surface area contributed by atoms with Gasteiger partial charge in [0.15, 0.2) is 0 Å². The molecular formula is C6H14BrP. The van der Waals surface area contributed by atoms with E-state index in [4.69, 9.17) is 0 Å². The monoisotopic (exact) mass is 196 g/mol. The minimum atomic E-state index is -0.534. The molecule has 0 bridgehead atoms. The number of hydrogen-bond acceptors (Lipinski definition) is 0. The zero-order valence-electron chi connectivity index (χ0n) is 5.82. The lowest BCUT2D eigenvalue weighted by molar-refractivity contribution is -0.00000183. The lowest BCUT2D eigenvalue weighted by Gasteiger charge is -2.06. The van der Waals surface area contributed by atoms with Crippen molar-refractivity contribution in [1.29, 1.82) is 0 Å². The smallest absolute Gasteiger partial charge is 0.0762 e. The van der Waals surface area contributed by atoms with Crippen LogP contribution in [0.25, 0.3) is 0 Å². The maximum atomic E-state index is 3.67. The van der Waals surface area contributed by atoms with E-state index in [-0.39, 0.29) is 17.0 Å². The van der Waals surface area contributed by atoms with Crippen LogP contribution in [0.4, 0.5) is 0 Å². The van der Waals surface area contributed by atoms with Crippen LogP contribution in [0.15, 0.2) is 12.7 Å². The van der Waals surface area contributed by atoms with Gasteiger partial charge in [-0.25, -0.2) is 0 Å². The molecule has 0 amide bonds. The molecular weight excluding hydrogens is 183 g/mol. The summed E-state index contributed by atoms with van der Waals surface area (Å²) in [6.45, 7) is 10.6. The fraction of sp³-hybridized carbons (Fsp3) is 0.667. The number of rotatable bonds is 2. The molecule has 0 aliphatic heterocycles. The molecule has 0 unspecified atom stereocenters. The van der Waals surface area contributed by atoms with Gasteiger partial charge in [-0.05, 0) is 0 Å². The second-order valence-electron chi connectivity index (χ2n) is 2.76. The van der Waals surface area contributed by atoms with Crippen molar-refractivity contribution in [2.45, 2.75) is 0 Å². The Morgan fingerprint density at radius 1 is 1.38 bits per heavy atom. The summed E-state index contributed by atoms with van der Waals surface area (Å²) >= 11 is 0. The Balaban J connectivity index is 0. The molecule has 2 heteroatoms. The molecule has 0 aliphatic carbocycles. The van der Waals surface area contributed by atoms with Crippen molar-refractivity contribution in [3.05, 3.63) is 12.7 Å². The SMILES string of the molecule is C=CC[P+](C)(C)C.[Br-]. The van der Waals surface area contributed by atoms with Gasteiger partial charge in [-0.1, -0.05) is 12.7 Å². The molecule has 0 fully saturated rings. The molecule has 0 nitrogen and oxygen atoms in total. The fourth-order valence-electron chi connectivity index (χ4n) is 0.387. The van der Waals surface area contributed by atoms with E-state index in [1.807, 2.05) is 6.08 Å². The third-order valence-corrected chi connectivity index (χ3v) is 2.03. The van der Waals surface area contributed by atoms with Crippen molar-refractivity contribution < 1.29 is 17.0 Å². The minimum Gasteiger partial charge on any atom is -1.00 e. The average molecular weight is 197 g/mol. The number of allylic oxidation sites excluding steroid dienone is 1. The van der Waals surface area contributed by atoms with Crippen molar-refractivity contribution in [2.24, 2.45) is 0 Å². The van der Waals surface area contributed by atoms with Crippen molar-refractivity contribution >= 4 is 7.26 Å². The van der Waals surface area contributed by atoms with Gasteiger partial charge in [0, 0.05) is 27.3 Å². The maximum Gasteiger partial charge on any atom is 0.0762 e. The van der Waals surface area contributed by atoms with E-state index < -0.39 is 7.26 Å². The largest absolute Gasteiger partial charge is 1.00 e. The van der Waals surface area contributed by atoms with Crippen molar-refractivity contribution in [2.75, 3.05) is 26.2 Å². The van der Waals surface area contributed by atoms with Gasteiger partial charge in [0.25, 0.3) is 0 Å². The summed E-state index contributed by atoms with van der Waals surface area (Å²) in [6, 6.07) is 0. The third-order valence-electron chi connectivity index (χ3n) is 0.677. The average Bonchev–Trinajstić information content (AvgIpc) is 1.30. The molecule has 0 radical (unpaired) electrons. The molecule has 0 rings (SSSR count). The standard InChI is InChI=1S/C6H14P.BrH/c1-5-6-7(2,3)4;/h5H,1,6H2,2-4H3;1H/q+1;/p-1. The molecule has 0 aromatic rings. The Morgan fingerprint density at radius 2 is 1.75 bits per heavy atom. The number of halogens is 1. The van der Waals surface area contributed by atoms with Crippen LogP contribution in [0.1, 0.15) is 0 Å². The summed E-state index contributed by atoms with van der Waals surface area (Å²) in [5.74, 6) is 0. The zero-order valence-corrected chi connectivity index (χ0v) is 8.30. The summed E-state index contributed by atoms with van der Waals surface area (Å²) in [6.07, 6.45) is 3.22. The lowest BCUT2D eigenvalue weighted by Crippen LogP contribution is -3.00. The van der Waals surface area contributed by atoms with Crippen LogP contribution in [0.5, 0.6) is 0 Å². The summed E-state index contributed by atoms with van der Waals surface area (Å²) in [7, 11) is -0.534. The second kappa shape index (κ2) is 4.52. The molecule has 0 N–H and O–H groups in total. The molecule has 0 saturated heterocycles. The molecule has 50 valence electrons. The van der Waals surface area contributed by atoms with E-state index in [1.54, 1.807) is 0 Å². The highest BCUT2D eigenvalue weighted by Gasteiger charge is 2.12. The topological polar surface area (TPSA) is 0 Å². The summed E-state index contributed by atoms with van der Waals surface area (Å²) < 4.78 is 0. The van der Waals surface area contributed by atoms with Gasteiger partial charge in [0.05, 0.1) is 6.16 Å². The quantitative estimate of drug-likeness (QED) is 0.397. The van der Waals surface area contributed by atoms with Crippen LogP contribution in [0, 0.1) is 0 Å². The number of hydrogen-bond donors (Lipinski definition) is 0. The van der Waals surface area contributed by atoms with E-state index in [9.17, 15) is 0 Å². The lowest BCUT2D eigenvalue weighted by atomic mass is 10.8. The second-order valence-corrected chi connectivity index (χ2v) is 7.71. The van der Waals surface area contributed by atoms with Crippen LogP contribution in [0.3, 0.4) is 0 Å². The molecule has 0 aromatic heterocycles. The molecule has 8 heavy (non-hydrogen) atoms. The van der Waals surface area contributed by atoms with Gasteiger partial charge in [-0.15, -0.1) is 0 Å². The van der Waals surface area contributed by atoms with Crippen LogP contribution in [0.2, 0.25) is 0 Å². The van der Waals surface area contributed by atoms with Gasteiger partial charge in [-0.3, -0.25) is 0 Å². The van der Waals surface area contributed by atoms with Crippen molar-refractivity contribution in [1.82, 2.24) is 0 Å². The molecule has 0 heterocycles. The first-order chi connectivity index (χ1) is 3.06. The Morgan fingerprint density at radius 3 is 1.75 bits per heavy atom. The first-order valence-electron chi connectivity index (χ1n) is 2.47. The Hall–Kier alpha value is 0.650. The van der Waals surface area contributed by atoms with Gasteiger partial charge >= 0.3 is 0 Å². The van der Waals surface area contributed by atoms with Crippen molar-refractivity contribution in [3.8, 4) is 0 Å². The van der Waals surface area contributed by atoms with E-state index in [2.05, 4.69) is 26.6 Å². The molecule has 0 aliphatic rings. The zero-order chi connectivity index (χ0) is 5.91. The van der Waals surface area contributed by atoms with Crippen LogP contribution in [-0.2, 0) is 0 Å². The van der Waals surface area contributed by atoms with Crippen molar-refractivity contribution in [3.63, 3.8) is 0 Å². The van der Waals surface area contributed by atoms with Gasteiger partial charge in [0.2, 0.25) is 0 Å². The highest BCUT2D eigenvalue weighted by atomic mass is 79.9. The van der Waals surface area contributed by atoms with E-state index >= 15 is 0 Å². The highest BCUT2D eigenvalue weighted by molar-refractivity contribution is 7.73. The first kappa shape index (κ1) is 11.4. The molecule has 0 spiro atoms. The Kier molecular flexibility index (Phi) is 6.47. The van der Waals surface area contributed by atoms with Gasteiger partial charge < -0.3 is 17.0 Å². The molecule has 0 atom stereocenters. The Labute approximate surface area is 63.5 Å². The minimum absolute atomic E-state index is 0. The summed E-state index contributed by atoms with van der Waals surface area (Å²) in [5, 5.41) is 0. The van der Waals surface area contributed by atoms with E-state index in [1.165, 1.54) is 6.16 Å². The van der Waals surface area contributed by atoms with Crippen LogP contribution in [-0.4, -0.2) is 26.2 Å². The fourth-order valence-corrected chi connectivity index (χ4v) is 1.16. The van der Waals surface area contributed by atoms with Gasteiger partial charge in [0.1, 0.15) is 0 Å². The van der Waals surface area contributed by atoms with Crippen LogP contribution >= 0.6 is 7.26 Å². The Bertz CT molecular complexity index is 63.4. The molecule has 0 aromatic carbocycles. The summed E-state index contributed by atoms with van der Waals surface area (Å²) in [5.41, 5.74) is 0. The third kappa shape index (κ3) is 9.82. The maximum absolute atomic E-state index is 3.67. The first-order valence-corrected chi connectivity index (χ1v) is 5.79. The van der Waals surface area contributed by atoms with Crippen LogP contribution < -0.4 is 17.0 Å². The predicted octanol–water partition coefficient (Wildman–Crippen LogP) is -0.917. The van der Waals surface area contributed by atoms with E-state index in [0.717, 1.165) is 0 Å². The highest BCUT2D eigenvalue weighted by Crippen LogP contribution is 2.45.